The Balaban J connectivity index is 1.96. The molecule has 1 aromatic carbocycles. The Kier molecular flexibility index (Phi) is 4.12. The molecule has 1 fully saturated rings. The van der Waals surface area contributed by atoms with Gasteiger partial charge in [-0.2, -0.15) is 0 Å². The molecule has 0 radical (unpaired) electrons. The second kappa shape index (κ2) is 5.60. The highest BCUT2D eigenvalue weighted by atomic mass is 79.9. The zero-order valence-electron chi connectivity index (χ0n) is 9.49. The maximum atomic E-state index is 10.9. The number of benzene rings is 1. The molecule has 0 aromatic heterocycles. The molecule has 0 atom stereocenters. The van der Waals surface area contributed by atoms with Crippen LogP contribution in [0.15, 0.2) is 22.7 Å². The maximum Gasteiger partial charge on any atom is 0.275 e. The minimum absolute atomic E-state index is 0.181. The molecule has 17 heavy (non-hydrogen) atoms. The Morgan fingerprint density at radius 2 is 2.24 bits per heavy atom. The van der Waals surface area contributed by atoms with Crippen LogP contribution in [0, 0.1) is 16.0 Å². The van der Waals surface area contributed by atoms with E-state index in [1.54, 1.807) is 12.1 Å². The van der Waals surface area contributed by atoms with E-state index in [0.29, 0.717) is 6.54 Å². The Bertz CT molecular complexity index is 419. The summed E-state index contributed by atoms with van der Waals surface area (Å²) < 4.78 is 0.743. The zero-order chi connectivity index (χ0) is 12.3. The van der Waals surface area contributed by atoms with Crippen molar-refractivity contribution in [1.29, 1.82) is 0 Å². The average Bonchev–Trinajstić information content (AvgIpc) is 2.23. The minimum Gasteiger partial charge on any atom is -0.312 e. The first kappa shape index (κ1) is 12.5. The van der Waals surface area contributed by atoms with E-state index < -0.39 is 0 Å². The lowest BCUT2D eigenvalue weighted by atomic mass is 9.85. The van der Waals surface area contributed by atoms with Crippen LogP contribution in [0.2, 0.25) is 0 Å². The fourth-order valence-corrected chi connectivity index (χ4v) is 2.31. The maximum absolute atomic E-state index is 10.9. The van der Waals surface area contributed by atoms with Gasteiger partial charge >= 0.3 is 0 Å². The van der Waals surface area contributed by atoms with E-state index in [1.165, 1.54) is 19.3 Å². The van der Waals surface area contributed by atoms with Gasteiger partial charge in [-0.25, -0.2) is 0 Å². The number of nitro groups is 1. The number of nitrogens with one attached hydrogen (secondary N) is 1. The number of hydrogen-bond donors (Lipinski definition) is 1. The van der Waals surface area contributed by atoms with Gasteiger partial charge in [0.05, 0.1) is 4.92 Å². The largest absolute Gasteiger partial charge is 0.312 e. The van der Waals surface area contributed by atoms with E-state index in [0.717, 1.165) is 22.5 Å². The summed E-state index contributed by atoms with van der Waals surface area (Å²) in [7, 11) is 0. The highest BCUT2D eigenvalue weighted by molar-refractivity contribution is 9.10. The van der Waals surface area contributed by atoms with Gasteiger partial charge < -0.3 is 5.32 Å². The average molecular weight is 299 g/mol. The van der Waals surface area contributed by atoms with Gasteiger partial charge in [-0.15, -0.1) is 0 Å². The third kappa shape index (κ3) is 3.26. The molecule has 0 spiro atoms. The molecule has 92 valence electrons. The van der Waals surface area contributed by atoms with Crippen LogP contribution in [0.4, 0.5) is 5.69 Å². The first-order chi connectivity index (χ1) is 8.16. The lowest BCUT2D eigenvalue weighted by molar-refractivity contribution is -0.385. The molecule has 0 amide bonds. The van der Waals surface area contributed by atoms with Gasteiger partial charge in [-0.05, 0) is 37.4 Å². The third-order valence-corrected chi connectivity index (χ3v) is 3.71. The van der Waals surface area contributed by atoms with Gasteiger partial charge in [0.25, 0.3) is 5.69 Å². The van der Waals surface area contributed by atoms with Gasteiger partial charge in [0.2, 0.25) is 0 Å². The van der Waals surface area contributed by atoms with Gasteiger partial charge in [0.15, 0.2) is 0 Å². The van der Waals surface area contributed by atoms with E-state index in [-0.39, 0.29) is 10.6 Å². The first-order valence-corrected chi connectivity index (χ1v) is 6.59. The van der Waals surface area contributed by atoms with Gasteiger partial charge in [0, 0.05) is 22.6 Å². The van der Waals surface area contributed by atoms with E-state index >= 15 is 0 Å². The second-order valence-electron chi connectivity index (χ2n) is 4.46. The number of halogens is 1. The van der Waals surface area contributed by atoms with Crippen LogP contribution in [-0.2, 0) is 6.54 Å². The molecule has 2 rings (SSSR count). The Labute approximate surface area is 109 Å². The summed E-state index contributed by atoms with van der Waals surface area (Å²) in [6.45, 7) is 1.54. The quantitative estimate of drug-likeness (QED) is 0.670. The molecule has 1 N–H and O–H groups in total. The van der Waals surface area contributed by atoms with Crippen LogP contribution >= 0.6 is 15.9 Å². The Morgan fingerprint density at radius 1 is 1.47 bits per heavy atom. The van der Waals surface area contributed by atoms with E-state index in [4.69, 9.17) is 0 Å². The van der Waals surface area contributed by atoms with E-state index in [2.05, 4.69) is 21.2 Å². The summed E-state index contributed by atoms with van der Waals surface area (Å²) in [6.07, 6.45) is 3.90. The van der Waals surface area contributed by atoms with Crippen molar-refractivity contribution in [3.63, 3.8) is 0 Å². The number of nitro benzene ring substituents is 1. The molecular formula is C12H15BrN2O2. The molecule has 1 saturated carbocycles. The summed E-state index contributed by atoms with van der Waals surface area (Å²) in [6, 6.07) is 5.20. The van der Waals surface area contributed by atoms with Crippen LogP contribution in [0.5, 0.6) is 0 Å². The summed E-state index contributed by atoms with van der Waals surface area (Å²) in [4.78, 5) is 10.6. The molecular weight excluding hydrogens is 284 g/mol. The molecule has 0 saturated heterocycles. The first-order valence-electron chi connectivity index (χ1n) is 5.80. The predicted octanol–water partition coefficient (Wildman–Crippen LogP) is 3.25. The number of rotatable bonds is 5. The molecule has 1 aliphatic rings. The summed E-state index contributed by atoms with van der Waals surface area (Å²) in [5.41, 5.74) is 0.929. The summed E-state index contributed by atoms with van der Waals surface area (Å²) >= 11 is 3.25. The van der Waals surface area contributed by atoms with Crippen LogP contribution in [-0.4, -0.2) is 11.5 Å². The van der Waals surface area contributed by atoms with Crippen molar-refractivity contribution in [3.8, 4) is 0 Å². The fraction of sp³-hybridized carbons (Fsp3) is 0.500. The smallest absolute Gasteiger partial charge is 0.275 e. The standard InChI is InChI=1S/C12H15BrN2O2/c13-11-5-4-10(12(6-11)15(16)17)8-14-7-9-2-1-3-9/h4-6,9,14H,1-3,7-8H2. The molecule has 0 heterocycles. The zero-order valence-corrected chi connectivity index (χ0v) is 11.1. The predicted molar refractivity (Wildman–Crippen MR) is 69.8 cm³/mol. The summed E-state index contributed by atoms with van der Waals surface area (Å²) in [5.74, 6) is 0.768. The third-order valence-electron chi connectivity index (χ3n) is 3.22. The lowest BCUT2D eigenvalue weighted by Crippen LogP contribution is -2.27. The van der Waals surface area contributed by atoms with Crippen LogP contribution < -0.4 is 5.32 Å². The Morgan fingerprint density at radius 3 is 2.82 bits per heavy atom. The van der Waals surface area contributed by atoms with E-state index in [9.17, 15) is 10.1 Å². The highest BCUT2D eigenvalue weighted by Crippen LogP contribution is 2.26. The van der Waals surface area contributed by atoms with Crippen LogP contribution in [0.1, 0.15) is 24.8 Å². The van der Waals surface area contributed by atoms with E-state index in [1.807, 2.05) is 6.07 Å². The molecule has 5 heteroatoms. The van der Waals surface area contributed by atoms with Crippen LogP contribution in [0.25, 0.3) is 0 Å². The molecule has 0 unspecified atom stereocenters. The molecule has 1 aromatic rings. The number of hydrogen-bond acceptors (Lipinski definition) is 3. The van der Waals surface area contributed by atoms with Gasteiger partial charge in [-0.3, -0.25) is 10.1 Å². The SMILES string of the molecule is O=[N+]([O-])c1cc(Br)ccc1CNCC1CCC1. The van der Waals surface area contributed by atoms with Gasteiger partial charge in [0.1, 0.15) is 0 Å². The van der Waals surface area contributed by atoms with Crippen molar-refractivity contribution in [2.45, 2.75) is 25.8 Å². The monoisotopic (exact) mass is 298 g/mol. The van der Waals surface area contributed by atoms with Crippen LogP contribution in [0.3, 0.4) is 0 Å². The second-order valence-corrected chi connectivity index (χ2v) is 5.37. The number of nitrogens with zero attached hydrogens (tertiary/aromatic N) is 1. The molecule has 0 bridgehead atoms. The van der Waals surface area contributed by atoms with Crippen molar-refractivity contribution in [2.75, 3.05) is 6.54 Å². The highest BCUT2D eigenvalue weighted by Gasteiger charge is 2.18. The van der Waals surface area contributed by atoms with Gasteiger partial charge in [-0.1, -0.05) is 22.4 Å². The van der Waals surface area contributed by atoms with Crippen molar-refractivity contribution < 1.29 is 4.92 Å². The normalized spacial score (nSPS) is 15.6. The minimum atomic E-state index is -0.328. The molecule has 4 nitrogen and oxygen atoms in total. The topological polar surface area (TPSA) is 55.2 Å². The Hall–Kier alpha value is -0.940. The van der Waals surface area contributed by atoms with Crippen molar-refractivity contribution in [2.24, 2.45) is 5.92 Å². The van der Waals surface area contributed by atoms with Crippen molar-refractivity contribution in [3.05, 3.63) is 38.3 Å². The molecule has 1 aliphatic carbocycles. The fourth-order valence-electron chi connectivity index (χ4n) is 1.96. The van der Waals surface area contributed by atoms with Crippen molar-refractivity contribution >= 4 is 21.6 Å². The molecule has 0 aliphatic heterocycles. The summed E-state index contributed by atoms with van der Waals surface area (Å²) in [5, 5.41) is 14.2. The van der Waals surface area contributed by atoms with Crippen molar-refractivity contribution in [1.82, 2.24) is 5.32 Å². The lowest BCUT2D eigenvalue weighted by Gasteiger charge is -2.25.